The van der Waals surface area contributed by atoms with Crippen LogP contribution in [0.3, 0.4) is 0 Å². The maximum Gasteiger partial charge on any atom is 0.129 e. The molecule has 196 valence electrons. The third kappa shape index (κ3) is 5.51. The summed E-state index contributed by atoms with van der Waals surface area (Å²) in [6.45, 7) is 0. The van der Waals surface area contributed by atoms with Crippen LogP contribution in [-0.4, -0.2) is 12.4 Å². The van der Waals surface area contributed by atoms with Gasteiger partial charge >= 0.3 is 0 Å². The van der Waals surface area contributed by atoms with Gasteiger partial charge in [-0.05, 0) is 78.9 Å². The van der Waals surface area contributed by atoms with Gasteiger partial charge in [-0.2, -0.15) is 0 Å². The number of dihydropyridines is 1. The molecule has 1 saturated carbocycles. The molecule has 1 unspecified atom stereocenters. The van der Waals surface area contributed by atoms with Crippen molar-refractivity contribution in [2.45, 2.75) is 50.6 Å². The maximum atomic E-state index is 7.52. The molecular formula is C35H34ClN3. The van der Waals surface area contributed by atoms with Crippen molar-refractivity contribution >= 4 is 46.3 Å². The molecule has 1 fully saturated rings. The second kappa shape index (κ2) is 11.9. The molecule has 0 spiro atoms. The van der Waals surface area contributed by atoms with Gasteiger partial charge in [0, 0.05) is 29.7 Å². The largest absolute Gasteiger partial charge is 0.317 e. The van der Waals surface area contributed by atoms with Crippen LogP contribution in [0.2, 0.25) is 5.02 Å². The molecular weight excluding hydrogens is 498 g/mol. The summed E-state index contributed by atoms with van der Waals surface area (Å²) in [4.78, 5) is 9.52. The van der Waals surface area contributed by atoms with Gasteiger partial charge in [0.05, 0.1) is 16.4 Å². The molecule has 1 atom stereocenters. The minimum Gasteiger partial charge on any atom is -0.317 e. The van der Waals surface area contributed by atoms with Gasteiger partial charge in [0.25, 0.3) is 0 Å². The molecule has 0 saturated heterocycles. The maximum absolute atomic E-state index is 7.52. The van der Waals surface area contributed by atoms with Crippen LogP contribution in [-0.2, 0) is 0 Å². The number of anilines is 5. The first-order valence-corrected chi connectivity index (χ1v) is 14.4. The first kappa shape index (κ1) is 25.5. The van der Waals surface area contributed by atoms with Crippen LogP contribution in [0, 0.1) is 0 Å². The summed E-state index contributed by atoms with van der Waals surface area (Å²) < 4.78 is 0. The number of halogens is 1. The van der Waals surface area contributed by atoms with Crippen LogP contribution in [0.5, 0.6) is 0 Å². The third-order valence-corrected chi connectivity index (χ3v) is 8.21. The van der Waals surface area contributed by atoms with Crippen molar-refractivity contribution in [1.29, 1.82) is 0 Å². The second-order valence-corrected chi connectivity index (χ2v) is 10.7. The Bertz CT molecular complexity index is 1390. The molecule has 0 N–H and O–H groups in total. The highest BCUT2D eigenvalue weighted by Crippen LogP contribution is 2.48. The lowest BCUT2D eigenvalue weighted by atomic mass is 9.83. The van der Waals surface area contributed by atoms with Crippen molar-refractivity contribution in [3.05, 3.63) is 126 Å². The van der Waals surface area contributed by atoms with E-state index in [1.165, 1.54) is 37.7 Å². The van der Waals surface area contributed by atoms with Gasteiger partial charge in [-0.15, -0.1) is 0 Å². The summed E-state index contributed by atoms with van der Waals surface area (Å²) in [5.41, 5.74) is 6.63. The fraction of sp³-hybridized carbons (Fsp3) is 0.229. The van der Waals surface area contributed by atoms with Crippen molar-refractivity contribution in [2.75, 3.05) is 9.80 Å². The third-order valence-electron chi connectivity index (χ3n) is 7.82. The Kier molecular flexibility index (Phi) is 7.78. The molecule has 2 aliphatic rings. The van der Waals surface area contributed by atoms with Crippen LogP contribution in [0.25, 0.3) is 0 Å². The van der Waals surface area contributed by atoms with Crippen molar-refractivity contribution in [3.63, 3.8) is 0 Å². The smallest absolute Gasteiger partial charge is 0.129 e. The molecule has 0 bridgehead atoms. The Morgan fingerprint density at radius 2 is 1.23 bits per heavy atom. The molecule has 3 nitrogen and oxygen atoms in total. The highest BCUT2D eigenvalue weighted by Gasteiger charge is 2.28. The molecule has 6 rings (SSSR count). The zero-order valence-electron chi connectivity index (χ0n) is 22.2. The predicted octanol–water partition coefficient (Wildman–Crippen LogP) is 10.4. The lowest BCUT2D eigenvalue weighted by molar-refractivity contribution is 0.443. The van der Waals surface area contributed by atoms with Gasteiger partial charge in [0.1, 0.15) is 6.17 Å². The first-order chi connectivity index (χ1) is 19.3. The minimum atomic E-state index is -0.0637. The highest BCUT2D eigenvalue weighted by molar-refractivity contribution is 6.36. The van der Waals surface area contributed by atoms with E-state index in [1.807, 2.05) is 12.3 Å². The van der Waals surface area contributed by atoms with Crippen molar-refractivity contribution in [2.24, 2.45) is 4.99 Å². The first-order valence-electron chi connectivity index (χ1n) is 14.1. The molecule has 0 radical (unpaired) electrons. The van der Waals surface area contributed by atoms with E-state index in [-0.39, 0.29) is 6.17 Å². The fourth-order valence-electron chi connectivity index (χ4n) is 5.91. The average Bonchev–Trinajstić information content (AvgIpc) is 3.02. The minimum absolute atomic E-state index is 0.0637. The normalized spacial score (nSPS) is 17.2. The lowest BCUT2D eigenvalue weighted by Gasteiger charge is -2.36. The lowest BCUT2D eigenvalue weighted by Crippen LogP contribution is -2.31. The van der Waals surface area contributed by atoms with Crippen molar-refractivity contribution < 1.29 is 0 Å². The number of para-hydroxylation sites is 3. The summed E-state index contributed by atoms with van der Waals surface area (Å²) >= 11 is 7.52. The molecule has 4 aromatic rings. The Labute approximate surface area is 237 Å². The van der Waals surface area contributed by atoms with E-state index in [9.17, 15) is 0 Å². The van der Waals surface area contributed by atoms with Gasteiger partial charge in [-0.25, -0.2) is 0 Å². The van der Waals surface area contributed by atoms with E-state index >= 15 is 0 Å². The van der Waals surface area contributed by atoms with E-state index in [2.05, 4.69) is 119 Å². The standard InChI is InChI=1S/C35H34ClN3/c36-35-32(38(29-17-7-2-8-18-29)30-19-9-3-10-20-30)25-28(27-15-5-1-6-16-27)26-33(35)39(31-21-11-4-12-22-31)34-23-13-14-24-37-34/h2-4,7-14,17-22,24-27,34H,1,5-6,15-16,23H2. The Balaban J connectivity index is 1.59. The van der Waals surface area contributed by atoms with Crippen LogP contribution < -0.4 is 9.80 Å². The molecule has 0 amide bonds. The van der Waals surface area contributed by atoms with E-state index in [1.54, 1.807) is 0 Å². The average molecular weight is 532 g/mol. The zero-order chi connectivity index (χ0) is 26.4. The number of benzene rings is 4. The molecule has 4 heteroatoms. The summed E-state index contributed by atoms with van der Waals surface area (Å²) in [7, 11) is 0. The number of nitrogens with zero attached hydrogens (tertiary/aromatic N) is 3. The number of aliphatic imine (C=N–C) groups is 1. The monoisotopic (exact) mass is 531 g/mol. The Morgan fingerprint density at radius 1 is 0.667 bits per heavy atom. The van der Waals surface area contributed by atoms with E-state index in [0.29, 0.717) is 5.92 Å². The predicted molar refractivity (Wildman–Crippen MR) is 167 cm³/mol. The van der Waals surface area contributed by atoms with Gasteiger partial charge < -0.3 is 9.80 Å². The van der Waals surface area contributed by atoms with Crippen LogP contribution in [0.4, 0.5) is 28.4 Å². The SMILES string of the molecule is Clc1c(N(c2ccccc2)c2ccccc2)cc(C2CCCCC2)cc1N(c1ccccc1)C1CC=CC=N1. The number of hydrogen-bond donors (Lipinski definition) is 0. The van der Waals surface area contributed by atoms with Crippen molar-refractivity contribution in [3.8, 4) is 0 Å². The Morgan fingerprint density at radius 3 is 1.79 bits per heavy atom. The summed E-state index contributed by atoms with van der Waals surface area (Å²) in [5.74, 6) is 0.522. The van der Waals surface area contributed by atoms with Gasteiger partial charge in [-0.1, -0.05) is 91.5 Å². The molecule has 1 aliphatic carbocycles. The molecule has 0 aromatic heterocycles. The van der Waals surface area contributed by atoms with Crippen molar-refractivity contribution in [1.82, 2.24) is 0 Å². The van der Waals surface area contributed by atoms with E-state index in [0.717, 1.165) is 39.9 Å². The molecule has 39 heavy (non-hydrogen) atoms. The number of hydrogen-bond acceptors (Lipinski definition) is 3. The van der Waals surface area contributed by atoms with Crippen LogP contribution in [0.15, 0.2) is 120 Å². The van der Waals surface area contributed by atoms with Gasteiger partial charge in [-0.3, -0.25) is 4.99 Å². The molecule has 1 heterocycles. The summed E-state index contributed by atoms with van der Waals surface area (Å²) in [5, 5.41) is 0.732. The zero-order valence-corrected chi connectivity index (χ0v) is 22.9. The van der Waals surface area contributed by atoms with Gasteiger partial charge in [0.15, 0.2) is 0 Å². The fourth-order valence-corrected chi connectivity index (χ4v) is 6.19. The highest BCUT2D eigenvalue weighted by atomic mass is 35.5. The second-order valence-electron chi connectivity index (χ2n) is 10.4. The topological polar surface area (TPSA) is 18.8 Å². The summed E-state index contributed by atoms with van der Waals surface area (Å²) in [6.07, 6.45) is 13.2. The van der Waals surface area contributed by atoms with E-state index < -0.39 is 0 Å². The van der Waals surface area contributed by atoms with E-state index in [4.69, 9.17) is 16.6 Å². The van der Waals surface area contributed by atoms with Crippen LogP contribution >= 0.6 is 11.6 Å². The Hall–Kier alpha value is -3.82. The number of allylic oxidation sites excluding steroid dienone is 1. The molecule has 1 aliphatic heterocycles. The van der Waals surface area contributed by atoms with Gasteiger partial charge in [0.2, 0.25) is 0 Å². The summed E-state index contributed by atoms with van der Waals surface area (Å²) in [6, 6.07) is 36.3. The molecule has 4 aromatic carbocycles. The number of rotatable bonds is 7. The van der Waals surface area contributed by atoms with Crippen LogP contribution in [0.1, 0.15) is 50.0 Å². The quantitative estimate of drug-likeness (QED) is 0.236.